The summed E-state index contributed by atoms with van der Waals surface area (Å²) in [5.41, 5.74) is 0. The van der Waals surface area contributed by atoms with E-state index in [0.717, 1.165) is 4.47 Å². The summed E-state index contributed by atoms with van der Waals surface area (Å²) in [4.78, 5) is 22.7. The van der Waals surface area contributed by atoms with Crippen molar-refractivity contribution in [3.8, 4) is 5.75 Å². The zero-order valence-corrected chi connectivity index (χ0v) is 13.1. The fourth-order valence-corrected chi connectivity index (χ4v) is 1.49. The van der Waals surface area contributed by atoms with Gasteiger partial charge in [0.05, 0.1) is 0 Å². The highest BCUT2D eigenvalue weighted by Crippen LogP contribution is 2.15. The van der Waals surface area contributed by atoms with Crippen LogP contribution in [0.15, 0.2) is 28.7 Å². The number of benzene rings is 1. The Morgan fingerprint density at radius 3 is 2.45 bits per heavy atom. The van der Waals surface area contributed by atoms with Gasteiger partial charge in [0.15, 0.2) is 13.2 Å². The zero-order valence-electron chi connectivity index (χ0n) is 11.5. The second-order valence-electron chi connectivity index (χ2n) is 4.60. The first kappa shape index (κ1) is 16.5. The number of amides is 1. The fraction of sp³-hybridized carbons (Fsp3) is 0.429. The molecule has 20 heavy (non-hydrogen) atoms. The molecule has 0 unspecified atom stereocenters. The van der Waals surface area contributed by atoms with E-state index in [9.17, 15) is 9.59 Å². The van der Waals surface area contributed by atoms with E-state index in [4.69, 9.17) is 9.47 Å². The Morgan fingerprint density at radius 2 is 1.85 bits per heavy atom. The molecule has 5 nitrogen and oxygen atoms in total. The lowest BCUT2D eigenvalue weighted by Gasteiger charge is -2.09. The smallest absolute Gasteiger partial charge is 0.344 e. The van der Waals surface area contributed by atoms with Crippen molar-refractivity contribution < 1.29 is 19.1 Å². The molecule has 1 rings (SSSR count). The molecule has 0 aliphatic carbocycles. The predicted molar refractivity (Wildman–Crippen MR) is 78.4 cm³/mol. The van der Waals surface area contributed by atoms with Gasteiger partial charge in [-0.05, 0) is 30.2 Å². The molecule has 1 aromatic rings. The number of halogens is 1. The predicted octanol–water partition coefficient (Wildman–Crippen LogP) is 2.14. The van der Waals surface area contributed by atoms with E-state index in [-0.39, 0.29) is 19.1 Å². The molecular formula is C14H18BrNO4. The molecule has 0 aliphatic rings. The van der Waals surface area contributed by atoms with Gasteiger partial charge < -0.3 is 14.8 Å². The third-order valence-electron chi connectivity index (χ3n) is 2.24. The molecule has 0 saturated carbocycles. The highest BCUT2D eigenvalue weighted by Gasteiger charge is 2.08. The lowest BCUT2D eigenvalue weighted by molar-refractivity contribution is -0.150. The minimum Gasteiger partial charge on any atom is -0.482 e. The molecule has 0 fully saturated rings. The number of rotatable bonds is 7. The number of hydrogen-bond acceptors (Lipinski definition) is 4. The third-order valence-corrected chi connectivity index (χ3v) is 2.77. The van der Waals surface area contributed by atoms with Gasteiger partial charge in [0, 0.05) is 11.0 Å². The van der Waals surface area contributed by atoms with Gasteiger partial charge in [-0.3, -0.25) is 4.79 Å². The molecule has 0 bridgehead atoms. The Hall–Kier alpha value is -1.56. The topological polar surface area (TPSA) is 64.6 Å². The number of ether oxygens (including phenoxy) is 2. The largest absolute Gasteiger partial charge is 0.482 e. The monoisotopic (exact) mass is 343 g/mol. The summed E-state index contributed by atoms with van der Waals surface area (Å²) in [5, 5.41) is 2.66. The zero-order chi connectivity index (χ0) is 15.0. The van der Waals surface area contributed by atoms with Crippen LogP contribution in [0.2, 0.25) is 0 Å². The van der Waals surface area contributed by atoms with Crippen molar-refractivity contribution in [3.63, 3.8) is 0 Å². The van der Waals surface area contributed by atoms with Crippen LogP contribution in [0.1, 0.15) is 13.8 Å². The third kappa shape index (κ3) is 7.13. The first-order chi connectivity index (χ1) is 9.47. The number of nitrogens with one attached hydrogen (secondary N) is 1. The Kier molecular flexibility index (Phi) is 7.08. The summed E-state index contributed by atoms with van der Waals surface area (Å²) in [6.45, 7) is 4.02. The number of carbonyl (C=O) groups is 2. The van der Waals surface area contributed by atoms with Gasteiger partial charge >= 0.3 is 5.97 Å². The van der Waals surface area contributed by atoms with E-state index in [1.165, 1.54) is 0 Å². The van der Waals surface area contributed by atoms with E-state index in [1.54, 1.807) is 24.3 Å². The minimum atomic E-state index is -0.576. The van der Waals surface area contributed by atoms with Crippen molar-refractivity contribution in [1.82, 2.24) is 5.32 Å². The van der Waals surface area contributed by atoms with Gasteiger partial charge in [-0.15, -0.1) is 0 Å². The van der Waals surface area contributed by atoms with E-state index in [0.29, 0.717) is 18.2 Å². The fourth-order valence-electron chi connectivity index (χ4n) is 1.23. The first-order valence-electron chi connectivity index (χ1n) is 6.28. The van der Waals surface area contributed by atoms with Gasteiger partial charge in [0.2, 0.25) is 0 Å². The second kappa shape index (κ2) is 8.58. The molecule has 0 atom stereocenters. The molecule has 1 amide bonds. The quantitative estimate of drug-likeness (QED) is 0.770. The number of hydrogen-bond donors (Lipinski definition) is 1. The van der Waals surface area contributed by atoms with E-state index < -0.39 is 5.97 Å². The van der Waals surface area contributed by atoms with E-state index >= 15 is 0 Å². The summed E-state index contributed by atoms with van der Waals surface area (Å²) >= 11 is 3.30. The maximum Gasteiger partial charge on any atom is 0.344 e. The normalized spacial score (nSPS) is 10.2. The Morgan fingerprint density at radius 1 is 1.20 bits per heavy atom. The Labute approximate surface area is 126 Å². The molecule has 1 N–H and O–H groups in total. The molecule has 0 aliphatic heterocycles. The van der Waals surface area contributed by atoms with Crippen LogP contribution in [0.5, 0.6) is 5.75 Å². The van der Waals surface area contributed by atoms with Crippen LogP contribution in [-0.2, 0) is 14.3 Å². The van der Waals surface area contributed by atoms with Crippen LogP contribution in [0.3, 0.4) is 0 Å². The number of carbonyl (C=O) groups excluding carboxylic acids is 2. The number of esters is 1. The van der Waals surface area contributed by atoms with Gasteiger partial charge in [0.1, 0.15) is 5.75 Å². The van der Waals surface area contributed by atoms with Crippen LogP contribution in [-0.4, -0.2) is 31.6 Å². The lowest BCUT2D eigenvalue weighted by atomic mass is 10.2. The summed E-state index contributed by atoms with van der Waals surface area (Å²) in [7, 11) is 0. The Bertz CT molecular complexity index is 445. The standard InChI is InChI=1S/C14H18BrNO4/c1-10(2)7-16-13(17)8-20-14(18)9-19-12-5-3-11(15)4-6-12/h3-6,10H,7-9H2,1-2H3,(H,16,17). The van der Waals surface area contributed by atoms with E-state index in [1.807, 2.05) is 13.8 Å². The molecule has 6 heteroatoms. The molecule has 0 radical (unpaired) electrons. The van der Waals surface area contributed by atoms with Crippen LogP contribution in [0.25, 0.3) is 0 Å². The average molecular weight is 344 g/mol. The maximum atomic E-state index is 11.4. The van der Waals surface area contributed by atoms with Crippen LogP contribution < -0.4 is 10.1 Å². The van der Waals surface area contributed by atoms with Gasteiger partial charge in [0.25, 0.3) is 5.91 Å². The molecule has 0 saturated heterocycles. The van der Waals surface area contributed by atoms with Crippen molar-refractivity contribution in [3.05, 3.63) is 28.7 Å². The first-order valence-corrected chi connectivity index (χ1v) is 7.07. The average Bonchev–Trinajstić information content (AvgIpc) is 2.42. The van der Waals surface area contributed by atoms with Crippen molar-refractivity contribution >= 4 is 27.8 Å². The lowest BCUT2D eigenvalue weighted by Crippen LogP contribution is -2.32. The van der Waals surface area contributed by atoms with Crippen molar-refractivity contribution in [2.75, 3.05) is 19.8 Å². The van der Waals surface area contributed by atoms with Crippen molar-refractivity contribution in [2.45, 2.75) is 13.8 Å². The van der Waals surface area contributed by atoms with Gasteiger partial charge in [-0.25, -0.2) is 4.79 Å². The SMILES string of the molecule is CC(C)CNC(=O)COC(=O)COc1ccc(Br)cc1. The molecule has 0 spiro atoms. The minimum absolute atomic E-state index is 0.223. The summed E-state index contributed by atoms with van der Waals surface area (Å²) in [6.07, 6.45) is 0. The van der Waals surface area contributed by atoms with Crippen molar-refractivity contribution in [2.24, 2.45) is 5.92 Å². The summed E-state index contributed by atoms with van der Waals surface area (Å²) < 4.78 is 10.9. The highest BCUT2D eigenvalue weighted by molar-refractivity contribution is 9.10. The van der Waals surface area contributed by atoms with Gasteiger partial charge in [-0.1, -0.05) is 29.8 Å². The molecule has 0 heterocycles. The summed E-state index contributed by atoms with van der Waals surface area (Å²) in [6, 6.07) is 7.07. The molecule has 1 aromatic carbocycles. The van der Waals surface area contributed by atoms with Crippen LogP contribution in [0, 0.1) is 5.92 Å². The van der Waals surface area contributed by atoms with Gasteiger partial charge in [-0.2, -0.15) is 0 Å². The summed E-state index contributed by atoms with van der Waals surface area (Å²) in [5.74, 6) is 0.0353. The second-order valence-corrected chi connectivity index (χ2v) is 5.52. The van der Waals surface area contributed by atoms with Crippen molar-refractivity contribution in [1.29, 1.82) is 0 Å². The molecule has 0 aromatic heterocycles. The maximum absolute atomic E-state index is 11.4. The molecular weight excluding hydrogens is 326 g/mol. The van der Waals surface area contributed by atoms with E-state index in [2.05, 4.69) is 21.2 Å². The van der Waals surface area contributed by atoms with Crippen LogP contribution >= 0.6 is 15.9 Å². The Balaban J connectivity index is 2.20. The highest BCUT2D eigenvalue weighted by atomic mass is 79.9. The molecule has 110 valence electrons. The van der Waals surface area contributed by atoms with Crippen LogP contribution in [0.4, 0.5) is 0 Å².